The number of carbonyl (C=O) groups is 1. The van der Waals surface area contributed by atoms with Gasteiger partial charge in [0.15, 0.2) is 0 Å². The molecule has 1 amide bonds. The van der Waals surface area contributed by atoms with Gasteiger partial charge in [-0.15, -0.1) is 12.6 Å². The van der Waals surface area contributed by atoms with Crippen molar-refractivity contribution >= 4 is 18.5 Å². The van der Waals surface area contributed by atoms with Crippen LogP contribution in [0.5, 0.6) is 0 Å². The van der Waals surface area contributed by atoms with Crippen LogP contribution >= 0.6 is 12.6 Å². The number of hydrogen-bond donors (Lipinski definition) is 2. The average Bonchev–Trinajstić information content (AvgIpc) is 3.21. The van der Waals surface area contributed by atoms with Crippen molar-refractivity contribution in [3.05, 3.63) is 29.3 Å². The predicted octanol–water partition coefficient (Wildman–Crippen LogP) is 2.50. The minimum atomic E-state index is -0.00977. The highest BCUT2D eigenvalue weighted by molar-refractivity contribution is 7.80. The number of likely N-dealkylation sites (N-methyl/N-ethyl adjacent to an activating group) is 1. The summed E-state index contributed by atoms with van der Waals surface area (Å²) in [6.07, 6.45) is 2.57. The van der Waals surface area contributed by atoms with Crippen molar-refractivity contribution in [3.63, 3.8) is 0 Å². The molecule has 1 aliphatic rings. The molecule has 4 heteroatoms. The fourth-order valence-corrected chi connectivity index (χ4v) is 2.38. The molecule has 0 bridgehead atoms. The first-order valence-electron chi connectivity index (χ1n) is 6.79. The van der Waals surface area contributed by atoms with Gasteiger partial charge in [0.2, 0.25) is 0 Å². The van der Waals surface area contributed by atoms with Gasteiger partial charge in [-0.05, 0) is 51.4 Å². The van der Waals surface area contributed by atoms with E-state index in [4.69, 9.17) is 0 Å². The van der Waals surface area contributed by atoms with E-state index < -0.39 is 0 Å². The van der Waals surface area contributed by atoms with Crippen molar-refractivity contribution in [2.75, 3.05) is 13.6 Å². The van der Waals surface area contributed by atoms with E-state index in [1.165, 1.54) is 12.8 Å². The van der Waals surface area contributed by atoms with Crippen LogP contribution in [0.3, 0.4) is 0 Å². The quantitative estimate of drug-likeness (QED) is 0.811. The van der Waals surface area contributed by atoms with Crippen molar-refractivity contribution < 1.29 is 4.79 Å². The molecule has 1 saturated carbocycles. The Morgan fingerprint density at radius 3 is 2.84 bits per heavy atom. The first-order chi connectivity index (χ1) is 8.99. The zero-order valence-corrected chi connectivity index (χ0v) is 12.7. The third-order valence-electron chi connectivity index (χ3n) is 3.84. The number of carbonyl (C=O) groups excluding carboxylic acids is 1. The van der Waals surface area contributed by atoms with Crippen LogP contribution in [0.4, 0.5) is 0 Å². The van der Waals surface area contributed by atoms with Crippen LogP contribution in [0.2, 0.25) is 0 Å². The predicted molar refractivity (Wildman–Crippen MR) is 81.0 cm³/mol. The maximum absolute atomic E-state index is 12.2. The van der Waals surface area contributed by atoms with Gasteiger partial charge in [0.05, 0.1) is 0 Å². The maximum atomic E-state index is 12.2. The maximum Gasteiger partial charge on any atom is 0.251 e. The van der Waals surface area contributed by atoms with Crippen LogP contribution in [-0.4, -0.2) is 36.5 Å². The number of benzene rings is 1. The molecule has 1 aliphatic carbocycles. The Labute approximate surface area is 120 Å². The molecular weight excluding hydrogens is 256 g/mol. The molecule has 1 aromatic carbocycles. The highest BCUT2D eigenvalue weighted by atomic mass is 32.1. The Kier molecular flexibility index (Phi) is 4.53. The van der Waals surface area contributed by atoms with Crippen molar-refractivity contribution in [2.45, 2.75) is 43.7 Å². The highest BCUT2D eigenvalue weighted by Crippen LogP contribution is 2.26. The molecule has 1 unspecified atom stereocenters. The fraction of sp³-hybridized carbons (Fsp3) is 0.533. The molecule has 0 aliphatic heterocycles. The first kappa shape index (κ1) is 14.4. The Bertz CT molecular complexity index is 471. The second-order valence-corrected chi connectivity index (χ2v) is 5.97. The summed E-state index contributed by atoms with van der Waals surface area (Å²) in [5, 5.41) is 3.02. The number of thiol groups is 1. The van der Waals surface area contributed by atoms with Crippen LogP contribution in [0.1, 0.15) is 35.7 Å². The minimum absolute atomic E-state index is 0.00977. The molecule has 0 radical (unpaired) electrons. The van der Waals surface area contributed by atoms with Crippen molar-refractivity contribution in [1.82, 2.24) is 10.2 Å². The van der Waals surface area contributed by atoms with Crippen molar-refractivity contribution in [2.24, 2.45) is 0 Å². The zero-order chi connectivity index (χ0) is 14.0. The molecule has 104 valence electrons. The molecule has 0 spiro atoms. The average molecular weight is 278 g/mol. The summed E-state index contributed by atoms with van der Waals surface area (Å²) in [6, 6.07) is 6.74. The third kappa shape index (κ3) is 3.74. The Balaban J connectivity index is 1.91. The van der Waals surface area contributed by atoms with E-state index in [9.17, 15) is 4.79 Å². The number of nitrogens with zero attached hydrogens (tertiary/aromatic N) is 1. The zero-order valence-electron chi connectivity index (χ0n) is 11.8. The van der Waals surface area contributed by atoms with Gasteiger partial charge < -0.3 is 5.32 Å². The monoisotopic (exact) mass is 278 g/mol. The van der Waals surface area contributed by atoms with Crippen LogP contribution < -0.4 is 5.32 Å². The van der Waals surface area contributed by atoms with Crippen LogP contribution in [-0.2, 0) is 0 Å². The Hall–Kier alpha value is -1.00. The van der Waals surface area contributed by atoms with Gasteiger partial charge in [-0.1, -0.05) is 6.07 Å². The molecular formula is C15H22N2OS. The van der Waals surface area contributed by atoms with Crippen LogP contribution in [0, 0.1) is 6.92 Å². The van der Waals surface area contributed by atoms with Gasteiger partial charge in [0, 0.05) is 29.1 Å². The second kappa shape index (κ2) is 5.97. The molecule has 1 aromatic rings. The standard InChI is InChI=1S/C15H22N2OS/c1-10-4-7-13(19)8-14(10)15(18)16-9-11(2)17(3)12-5-6-12/h4,7-8,11-12,19H,5-6,9H2,1-3H3,(H,16,18). The van der Waals surface area contributed by atoms with Crippen molar-refractivity contribution in [1.29, 1.82) is 0 Å². The summed E-state index contributed by atoms with van der Waals surface area (Å²) in [7, 11) is 2.13. The number of amides is 1. The van der Waals surface area contributed by atoms with Gasteiger partial charge in [0.25, 0.3) is 5.91 Å². The molecule has 1 fully saturated rings. The Morgan fingerprint density at radius 1 is 1.53 bits per heavy atom. The summed E-state index contributed by atoms with van der Waals surface area (Å²) in [5.41, 5.74) is 1.70. The summed E-state index contributed by atoms with van der Waals surface area (Å²) < 4.78 is 0. The molecule has 3 nitrogen and oxygen atoms in total. The normalized spacial score (nSPS) is 16.5. The van der Waals surface area contributed by atoms with E-state index in [2.05, 4.69) is 36.8 Å². The first-order valence-corrected chi connectivity index (χ1v) is 7.23. The Morgan fingerprint density at radius 2 is 2.21 bits per heavy atom. The molecule has 2 rings (SSSR count). The molecule has 1 N–H and O–H groups in total. The molecule has 0 saturated heterocycles. The number of nitrogens with one attached hydrogen (secondary N) is 1. The van der Waals surface area contributed by atoms with E-state index in [-0.39, 0.29) is 5.91 Å². The lowest BCUT2D eigenvalue weighted by molar-refractivity contribution is 0.0938. The summed E-state index contributed by atoms with van der Waals surface area (Å²) >= 11 is 4.28. The van der Waals surface area contributed by atoms with E-state index in [0.29, 0.717) is 18.2 Å². The summed E-state index contributed by atoms with van der Waals surface area (Å²) in [6.45, 7) is 4.78. The minimum Gasteiger partial charge on any atom is -0.350 e. The summed E-state index contributed by atoms with van der Waals surface area (Å²) in [5.74, 6) is -0.00977. The largest absolute Gasteiger partial charge is 0.350 e. The third-order valence-corrected chi connectivity index (χ3v) is 4.12. The van der Waals surface area contributed by atoms with Gasteiger partial charge in [-0.2, -0.15) is 0 Å². The highest BCUT2D eigenvalue weighted by Gasteiger charge is 2.29. The molecule has 0 aromatic heterocycles. The number of hydrogen-bond acceptors (Lipinski definition) is 3. The topological polar surface area (TPSA) is 32.3 Å². The van der Waals surface area contributed by atoms with Crippen molar-refractivity contribution in [3.8, 4) is 0 Å². The van der Waals surface area contributed by atoms with E-state index >= 15 is 0 Å². The van der Waals surface area contributed by atoms with E-state index in [0.717, 1.165) is 16.5 Å². The summed E-state index contributed by atoms with van der Waals surface area (Å²) in [4.78, 5) is 15.3. The lowest BCUT2D eigenvalue weighted by atomic mass is 10.1. The van der Waals surface area contributed by atoms with Crippen LogP contribution in [0.15, 0.2) is 23.1 Å². The van der Waals surface area contributed by atoms with Gasteiger partial charge in [-0.25, -0.2) is 0 Å². The van der Waals surface area contributed by atoms with Gasteiger partial charge in [-0.3, -0.25) is 9.69 Å². The van der Waals surface area contributed by atoms with E-state index in [1.807, 2.05) is 25.1 Å². The molecule has 0 heterocycles. The van der Waals surface area contributed by atoms with E-state index in [1.54, 1.807) is 0 Å². The lowest BCUT2D eigenvalue weighted by Gasteiger charge is -2.24. The molecule has 1 atom stereocenters. The fourth-order valence-electron chi connectivity index (χ4n) is 2.18. The second-order valence-electron chi connectivity index (χ2n) is 5.45. The van der Waals surface area contributed by atoms with Gasteiger partial charge in [0.1, 0.15) is 0 Å². The lowest BCUT2D eigenvalue weighted by Crippen LogP contribution is -2.41. The number of rotatable bonds is 5. The smallest absolute Gasteiger partial charge is 0.251 e. The molecule has 19 heavy (non-hydrogen) atoms. The SMILES string of the molecule is Cc1ccc(S)cc1C(=O)NCC(C)N(C)C1CC1. The number of aryl methyl sites for hydroxylation is 1. The van der Waals surface area contributed by atoms with Crippen LogP contribution in [0.25, 0.3) is 0 Å². The van der Waals surface area contributed by atoms with Gasteiger partial charge >= 0.3 is 0 Å².